The van der Waals surface area contributed by atoms with Crippen molar-refractivity contribution in [1.82, 2.24) is 20.4 Å². The summed E-state index contributed by atoms with van der Waals surface area (Å²) < 4.78 is 6.87. The first-order valence-corrected chi connectivity index (χ1v) is 9.94. The molecule has 0 saturated heterocycles. The minimum Gasteiger partial charge on any atom is -0.451 e. The topological polar surface area (TPSA) is 102 Å². The van der Waals surface area contributed by atoms with Gasteiger partial charge in [-0.25, -0.2) is 9.48 Å². The van der Waals surface area contributed by atoms with Gasteiger partial charge in [-0.1, -0.05) is 18.2 Å². The summed E-state index contributed by atoms with van der Waals surface area (Å²) in [6.07, 6.45) is 0. The molecule has 2 N–H and O–H groups in total. The first-order valence-electron chi connectivity index (χ1n) is 9.13. The molecule has 152 valence electrons. The molecule has 0 spiro atoms. The molecular weight excluding hydrogens is 392 g/mol. The van der Waals surface area contributed by atoms with Crippen LogP contribution in [0.1, 0.15) is 29.2 Å². The van der Waals surface area contributed by atoms with E-state index in [1.165, 1.54) is 11.3 Å². The Kier molecular flexibility index (Phi) is 6.28. The van der Waals surface area contributed by atoms with E-state index >= 15 is 0 Å². The van der Waals surface area contributed by atoms with Gasteiger partial charge in [0.05, 0.1) is 17.9 Å². The van der Waals surface area contributed by atoms with E-state index in [9.17, 15) is 14.4 Å². The molecule has 0 aliphatic rings. The third-order valence-corrected chi connectivity index (χ3v) is 5.07. The maximum atomic E-state index is 12.4. The highest BCUT2D eigenvalue weighted by Gasteiger charge is 2.19. The highest BCUT2D eigenvalue weighted by molar-refractivity contribution is 7.20. The summed E-state index contributed by atoms with van der Waals surface area (Å²) in [4.78, 5) is 36.9. The largest absolute Gasteiger partial charge is 0.451 e. The zero-order valence-electron chi connectivity index (χ0n) is 16.4. The summed E-state index contributed by atoms with van der Waals surface area (Å²) in [6, 6.07) is 11.3. The van der Waals surface area contributed by atoms with Crippen molar-refractivity contribution in [1.29, 1.82) is 0 Å². The van der Waals surface area contributed by atoms with Crippen molar-refractivity contribution in [2.45, 2.75) is 26.8 Å². The lowest BCUT2D eigenvalue weighted by molar-refractivity contribution is -0.128. The summed E-state index contributed by atoms with van der Waals surface area (Å²) in [7, 11) is 0. The number of rotatable bonds is 7. The van der Waals surface area contributed by atoms with Crippen LogP contribution in [0.15, 0.2) is 36.4 Å². The smallest absolute Gasteiger partial charge is 0.348 e. The maximum Gasteiger partial charge on any atom is 0.348 e. The quantitative estimate of drug-likeness (QED) is 0.577. The van der Waals surface area contributed by atoms with Gasteiger partial charge in [0.1, 0.15) is 9.71 Å². The van der Waals surface area contributed by atoms with Crippen molar-refractivity contribution in [3.63, 3.8) is 0 Å². The average molecular weight is 414 g/mol. The number of nitrogens with zero attached hydrogens (tertiary/aromatic N) is 2. The lowest BCUT2D eigenvalue weighted by Crippen LogP contribution is -2.41. The molecule has 29 heavy (non-hydrogen) atoms. The predicted molar refractivity (Wildman–Crippen MR) is 110 cm³/mol. The standard InChI is InChI=1S/C20H22N4O4S/c1-12(2)22-17(25)10-21-18(26)11-28-20(27)16-9-15-13(3)23-24(19(15)29-16)14-7-5-4-6-8-14/h4-9,12H,10-11H2,1-3H3,(H,21,26)(H,22,25). The number of aromatic nitrogens is 2. The summed E-state index contributed by atoms with van der Waals surface area (Å²) >= 11 is 1.25. The SMILES string of the molecule is Cc1nn(-c2ccccc2)c2sc(C(=O)OCC(=O)NCC(=O)NC(C)C)cc12. The minimum atomic E-state index is -0.591. The molecule has 2 heterocycles. The van der Waals surface area contributed by atoms with Crippen LogP contribution in [-0.4, -0.2) is 46.8 Å². The normalized spacial score (nSPS) is 10.9. The molecule has 8 nitrogen and oxygen atoms in total. The zero-order valence-corrected chi connectivity index (χ0v) is 17.2. The molecule has 2 aromatic heterocycles. The number of hydrogen-bond donors (Lipinski definition) is 2. The van der Waals surface area contributed by atoms with Gasteiger partial charge < -0.3 is 15.4 Å². The molecule has 1 aromatic carbocycles. The molecule has 0 radical (unpaired) electrons. The second-order valence-corrected chi connectivity index (χ2v) is 7.77. The van der Waals surface area contributed by atoms with Crippen molar-refractivity contribution in [2.75, 3.05) is 13.2 Å². The highest BCUT2D eigenvalue weighted by atomic mass is 32.1. The molecule has 0 aliphatic carbocycles. The molecule has 0 aliphatic heterocycles. The first kappa shape index (κ1) is 20.5. The fourth-order valence-corrected chi connectivity index (χ4v) is 3.77. The van der Waals surface area contributed by atoms with Crippen LogP contribution in [0.4, 0.5) is 0 Å². The third kappa shape index (κ3) is 5.00. The molecule has 3 aromatic rings. The number of para-hydroxylation sites is 1. The number of hydrogen-bond acceptors (Lipinski definition) is 6. The molecule has 0 saturated carbocycles. The fraction of sp³-hybridized carbons (Fsp3) is 0.300. The fourth-order valence-electron chi connectivity index (χ4n) is 2.70. The van der Waals surface area contributed by atoms with Gasteiger partial charge in [0.2, 0.25) is 5.91 Å². The number of nitrogens with one attached hydrogen (secondary N) is 2. The van der Waals surface area contributed by atoms with Crippen molar-refractivity contribution in [2.24, 2.45) is 0 Å². The van der Waals surface area contributed by atoms with Crippen molar-refractivity contribution in [3.8, 4) is 5.69 Å². The number of benzene rings is 1. The van der Waals surface area contributed by atoms with Gasteiger partial charge in [-0.05, 0) is 39.0 Å². The van der Waals surface area contributed by atoms with Crippen LogP contribution in [0.25, 0.3) is 15.9 Å². The number of carbonyl (C=O) groups is 3. The molecule has 0 unspecified atom stereocenters. The third-order valence-electron chi connectivity index (χ3n) is 3.98. The van der Waals surface area contributed by atoms with E-state index in [-0.39, 0.29) is 18.5 Å². The van der Waals surface area contributed by atoms with Crippen LogP contribution in [0, 0.1) is 6.92 Å². The Balaban J connectivity index is 1.63. The highest BCUT2D eigenvalue weighted by Crippen LogP contribution is 2.30. The van der Waals surface area contributed by atoms with Crippen molar-refractivity contribution >= 4 is 39.3 Å². The van der Waals surface area contributed by atoms with Crippen LogP contribution in [0.5, 0.6) is 0 Å². The summed E-state index contributed by atoms with van der Waals surface area (Å²) in [5, 5.41) is 10.5. The van der Waals surface area contributed by atoms with E-state index < -0.39 is 18.5 Å². The van der Waals surface area contributed by atoms with Gasteiger partial charge in [0.25, 0.3) is 5.91 Å². The van der Waals surface area contributed by atoms with E-state index in [0.717, 1.165) is 21.6 Å². The van der Waals surface area contributed by atoms with Gasteiger partial charge in [0, 0.05) is 11.4 Å². The molecule has 3 rings (SSSR count). The Morgan fingerprint density at radius 3 is 2.59 bits per heavy atom. The maximum absolute atomic E-state index is 12.4. The second kappa shape index (κ2) is 8.87. The Hall–Kier alpha value is -3.20. The van der Waals surface area contributed by atoms with Crippen LogP contribution < -0.4 is 10.6 Å². The van der Waals surface area contributed by atoms with E-state index in [4.69, 9.17) is 4.74 Å². The van der Waals surface area contributed by atoms with E-state index in [0.29, 0.717) is 4.88 Å². The second-order valence-electron chi connectivity index (χ2n) is 6.74. The molecule has 9 heteroatoms. The van der Waals surface area contributed by atoms with E-state index in [1.807, 2.05) is 51.1 Å². The van der Waals surface area contributed by atoms with Crippen LogP contribution in [-0.2, 0) is 14.3 Å². The number of ether oxygens (including phenoxy) is 1. The van der Waals surface area contributed by atoms with Crippen LogP contribution >= 0.6 is 11.3 Å². The number of carbonyl (C=O) groups excluding carboxylic acids is 3. The van der Waals surface area contributed by atoms with Gasteiger partial charge in [-0.2, -0.15) is 5.10 Å². The number of amides is 2. The van der Waals surface area contributed by atoms with E-state index in [2.05, 4.69) is 15.7 Å². The van der Waals surface area contributed by atoms with Crippen molar-refractivity contribution < 1.29 is 19.1 Å². The number of aryl methyl sites for hydroxylation is 1. The first-order chi connectivity index (χ1) is 13.8. The van der Waals surface area contributed by atoms with Crippen LogP contribution in [0.2, 0.25) is 0 Å². The zero-order chi connectivity index (χ0) is 21.0. The number of fused-ring (bicyclic) bond motifs is 1. The summed E-state index contributed by atoms with van der Waals surface area (Å²) in [5.74, 6) is -1.43. The Labute approximate surface area is 171 Å². The number of thiophene rings is 1. The summed E-state index contributed by atoms with van der Waals surface area (Å²) in [6.45, 7) is 4.91. The van der Waals surface area contributed by atoms with Gasteiger partial charge in [0.15, 0.2) is 6.61 Å². The molecular formula is C20H22N4O4S. The van der Waals surface area contributed by atoms with Crippen molar-refractivity contribution in [3.05, 3.63) is 47.0 Å². The molecule has 0 atom stereocenters. The Morgan fingerprint density at radius 1 is 1.17 bits per heavy atom. The minimum absolute atomic E-state index is 0.0135. The average Bonchev–Trinajstić information content (AvgIpc) is 3.25. The van der Waals surface area contributed by atoms with Gasteiger partial charge >= 0.3 is 5.97 Å². The molecule has 0 bridgehead atoms. The molecule has 2 amide bonds. The van der Waals surface area contributed by atoms with E-state index in [1.54, 1.807) is 10.7 Å². The van der Waals surface area contributed by atoms with Crippen LogP contribution in [0.3, 0.4) is 0 Å². The lowest BCUT2D eigenvalue weighted by atomic mass is 10.3. The number of esters is 1. The summed E-state index contributed by atoms with van der Waals surface area (Å²) in [5.41, 5.74) is 1.69. The predicted octanol–water partition coefficient (Wildman–Crippen LogP) is 2.19. The van der Waals surface area contributed by atoms with Gasteiger partial charge in [-0.3, -0.25) is 9.59 Å². The lowest BCUT2D eigenvalue weighted by Gasteiger charge is -2.09. The molecule has 0 fully saturated rings. The Morgan fingerprint density at radius 2 is 1.90 bits per heavy atom. The van der Waals surface area contributed by atoms with Gasteiger partial charge in [-0.15, -0.1) is 11.3 Å². The monoisotopic (exact) mass is 414 g/mol. The Bertz CT molecular complexity index is 1040.